The molecule has 7 heteroatoms. The number of halogens is 2. The summed E-state index contributed by atoms with van der Waals surface area (Å²) in [6.07, 6.45) is 3.28. The number of hydrogen-bond donors (Lipinski definition) is 3. The van der Waals surface area contributed by atoms with Crippen molar-refractivity contribution in [3.05, 3.63) is 28.2 Å². The number of nitrogens with two attached hydrogens (primary N) is 1. The second kappa shape index (κ2) is 7.85. The molecule has 2 aliphatic rings. The maximum absolute atomic E-state index is 12.3. The molecule has 0 aromatic heterocycles. The Morgan fingerprint density at radius 1 is 1.29 bits per heavy atom. The third-order valence-electron chi connectivity index (χ3n) is 5.17. The van der Waals surface area contributed by atoms with Gasteiger partial charge in [-0.25, -0.2) is 0 Å². The molecule has 132 valence electrons. The smallest absolute Gasteiger partial charge is 0.243 e. The van der Waals surface area contributed by atoms with E-state index in [2.05, 4.69) is 26.6 Å². The summed E-state index contributed by atoms with van der Waals surface area (Å²) in [4.78, 5) is 24.4. The lowest BCUT2D eigenvalue weighted by Crippen LogP contribution is -2.46. The van der Waals surface area contributed by atoms with Gasteiger partial charge in [-0.1, -0.05) is 15.9 Å². The van der Waals surface area contributed by atoms with Crippen molar-refractivity contribution in [3.63, 3.8) is 0 Å². The molecule has 2 saturated carbocycles. The van der Waals surface area contributed by atoms with Gasteiger partial charge < -0.3 is 16.4 Å². The van der Waals surface area contributed by atoms with Crippen LogP contribution in [0.1, 0.15) is 24.8 Å². The van der Waals surface area contributed by atoms with E-state index in [0.29, 0.717) is 11.8 Å². The molecule has 2 fully saturated rings. The SMILES string of the molecule is Cc1cc(Br)ccc1NC(=O)CNC(=O)C1C2CCC(C2)C1N.Cl. The fourth-order valence-corrected chi connectivity index (χ4v) is 4.45. The average Bonchev–Trinajstić information content (AvgIpc) is 3.08. The van der Waals surface area contributed by atoms with Gasteiger partial charge >= 0.3 is 0 Å². The van der Waals surface area contributed by atoms with Gasteiger partial charge in [0.1, 0.15) is 0 Å². The van der Waals surface area contributed by atoms with E-state index in [1.54, 1.807) is 0 Å². The zero-order valence-electron chi connectivity index (χ0n) is 13.5. The maximum atomic E-state index is 12.3. The van der Waals surface area contributed by atoms with Crippen LogP contribution in [0.15, 0.2) is 22.7 Å². The van der Waals surface area contributed by atoms with Crippen molar-refractivity contribution in [1.29, 1.82) is 0 Å². The van der Waals surface area contributed by atoms with Crippen molar-refractivity contribution in [2.24, 2.45) is 23.5 Å². The van der Waals surface area contributed by atoms with Crippen LogP contribution in [-0.2, 0) is 9.59 Å². The summed E-state index contributed by atoms with van der Waals surface area (Å²) in [6, 6.07) is 5.59. The van der Waals surface area contributed by atoms with Crippen LogP contribution in [-0.4, -0.2) is 24.4 Å². The molecule has 0 aliphatic heterocycles. The highest BCUT2D eigenvalue weighted by molar-refractivity contribution is 9.10. The van der Waals surface area contributed by atoms with Crippen LogP contribution < -0.4 is 16.4 Å². The zero-order chi connectivity index (χ0) is 16.6. The first kappa shape index (κ1) is 19.2. The molecule has 0 heterocycles. The second-order valence-electron chi connectivity index (χ2n) is 6.66. The summed E-state index contributed by atoms with van der Waals surface area (Å²) in [5.74, 6) is 0.450. The molecule has 0 radical (unpaired) electrons. The molecular formula is C17H23BrClN3O2. The van der Waals surface area contributed by atoms with Gasteiger partial charge in [-0.3, -0.25) is 9.59 Å². The zero-order valence-corrected chi connectivity index (χ0v) is 16.0. The number of benzene rings is 1. The van der Waals surface area contributed by atoms with Gasteiger partial charge in [0.05, 0.1) is 12.5 Å². The summed E-state index contributed by atoms with van der Waals surface area (Å²) >= 11 is 3.39. The highest BCUT2D eigenvalue weighted by atomic mass is 79.9. The average molecular weight is 417 g/mol. The van der Waals surface area contributed by atoms with Gasteiger partial charge in [0.25, 0.3) is 0 Å². The van der Waals surface area contributed by atoms with Crippen LogP contribution in [0.2, 0.25) is 0 Å². The predicted octanol–water partition coefficient (Wildman–Crippen LogP) is 2.61. The number of carbonyl (C=O) groups is 2. The number of carbonyl (C=O) groups excluding carboxylic acids is 2. The summed E-state index contributed by atoms with van der Waals surface area (Å²) in [5, 5.41) is 5.57. The Morgan fingerprint density at radius 2 is 2.00 bits per heavy atom. The van der Waals surface area contributed by atoms with Crippen molar-refractivity contribution < 1.29 is 9.59 Å². The number of fused-ring (bicyclic) bond motifs is 2. The van der Waals surface area contributed by atoms with E-state index in [1.807, 2.05) is 25.1 Å². The molecule has 1 aromatic carbocycles. The van der Waals surface area contributed by atoms with Crippen LogP contribution in [0.4, 0.5) is 5.69 Å². The Bertz CT molecular complexity index is 638. The fourth-order valence-electron chi connectivity index (χ4n) is 3.97. The standard InChI is InChI=1S/C17H22BrN3O2.ClH/c1-9-6-12(18)4-5-13(9)21-14(22)8-20-17(23)15-10-2-3-11(7-10)16(15)19;/h4-6,10-11,15-16H,2-3,7-8,19H2,1H3,(H,20,23)(H,21,22);1H. The van der Waals surface area contributed by atoms with E-state index in [1.165, 1.54) is 0 Å². The summed E-state index contributed by atoms with van der Waals surface area (Å²) in [6.45, 7) is 1.90. The fraction of sp³-hybridized carbons (Fsp3) is 0.529. The number of hydrogen-bond acceptors (Lipinski definition) is 3. The molecule has 24 heavy (non-hydrogen) atoms. The highest BCUT2D eigenvalue weighted by Crippen LogP contribution is 2.47. The van der Waals surface area contributed by atoms with Crippen molar-refractivity contribution >= 4 is 45.8 Å². The van der Waals surface area contributed by atoms with Gasteiger partial charge in [-0.05, 0) is 61.8 Å². The van der Waals surface area contributed by atoms with Crippen LogP contribution in [0, 0.1) is 24.7 Å². The van der Waals surface area contributed by atoms with Crippen molar-refractivity contribution in [2.75, 3.05) is 11.9 Å². The Hall–Kier alpha value is -1.11. The van der Waals surface area contributed by atoms with Gasteiger partial charge in [-0.2, -0.15) is 0 Å². The Kier molecular flexibility index (Phi) is 6.28. The lowest BCUT2D eigenvalue weighted by atomic mass is 9.84. The molecule has 5 nitrogen and oxygen atoms in total. The monoisotopic (exact) mass is 415 g/mol. The molecule has 4 unspecified atom stereocenters. The minimum Gasteiger partial charge on any atom is -0.347 e. The molecule has 0 saturated heterocycles. The molecule has 2 amide bonds. The van der Waals surface area contributed by atoms with E-state index in [0.717, 1.165) is 35.0 Å². The second-order valence-corrected chi connectivity index (χ2v) is 7.58. The first-order valence-electron chi connectivity index (χ1n) is 8.05. The molecule has 4 atom stereocenters. The first-order valence-corrected chi connectivity index (χ1v) is 8.84. The summed E-state index contributed by atoms with van der Waals surface area (Å²) < 4.78 is 0.964. The van der Waals surface area contributed by atoms with E-state index < -0.39 is 0 Å². The van der Waals surface area contributed by atoms with Gasteiger partial charge in [0, 0.05) is 16.2 Å². The Balaban J connectivity index is 0.00000208. The van der Waals surface area contributed by atoms with E-state index in [9.17, 15) is 9.59 Å². The first-order chi connectivity index (χ1) is 11.0. The third-order valence-corrected chi connectivity index (χ3v) is 5.66. The molecule has 1 aromatic rings. The quantitative estimate of drug-likeness (QED) is 0.705. The molecule has 4 N–H and O–H groups in total. The maximum Gasteiger partial charge on any atom is 0.243 e. The molecular weight excluding hydrogens is 394 g/mol. The normalized spacial score (nSPS) is 27.5. The highest BCUT2D eigenvalue weighted by Gasteiger charge is 2.48. The lowest BCUT2D eigenvalue weighted by Gasteiger charge is -2.26. The Morgan fingerprint density at radius 3 is 2.62 bits per heavy atom. The van der Waals surface area contributed by atoms with Crippen LogP contribution in [0.5, 0.6) is 0 Å². The minimum absolute atomic E-state index is 0. The molecule has 2 bridgehead atoms. The van der Waals surface area contributed by atoms with Crippen molar-refractivity contribution in [3.8, 4) is 0 Å². The topological polar surface area (TPSA) is 84.2 Å². The summed E-state index contributed by atoms with van der Waals surface area (Å²) in [5.41, 5.74) is 7.88. The summed E-state index contributed by atoms with van der Waals surface area (Å²) in [7, 11) is 0. The van der Waals surface area contributed by atoms with Crippen LogP contribution in [0.3, 0.4) is 0 Å². The number of rotatable bonds is 4. The molecule has 2 aliphatic carbocycles. The van der Waals surface area contributed by atoms with Gasteiger partial charge in [0.15, 0.2) is 0 Å². The number of aryl methyl sites for hydroxylation is 1. The number of amides is 2. The van der Waals surface area contributed by atoms with Crippen LogP contribution in [0.25, 0.3) is 0 Å². The largest absolute Gasteiger partial charge is 0.347 e. The minimum atomic E-state index is -0.222. The van der Waals surface area contributed by atoms with Crippen molar-refractivity contribution in [2.45, 2.75) is 32.2 Å². The van der Waals surface area contributed by atoms with E-state index >= 15 is 0 Å². The number of nitrogens with one attached hydrogen (secondary N) is 2. The molecule has 3 rings (SSSR count). The van der Waals surface area contributed by atoms with E-state index in [-0.39, 0.29) is 42.7 Å². The lowest BCUT2D eigenvalue weighted by molar-refractivity contribution is -0.129. The predicted molar refractivity (Wildman–Crippen MR) is 100 cm³/mol. The Labute approximate surface area is 156 Å². The van der Waals surface area contributed by atoms with Crippen molar-refractivity contribution in [1.82, 2.24) is 5.32 Å². The molecule has 0 spiro atoms. The van der Waals surface area contributed by atoms with Crippen LogP contribution >= 0.6 is 28.3 Å². The van der Waals surface area contributed by atoms with Gasteiger partial charge in [-0.15, -0.1) is 12.4 Å². The third kappa shape index (κ3) is 3.92. The van der Waals surface area contributed by atoms with E-state index in [4.69, 9.17) is 5.73 Å². The number of anilines is 1. The van der Waals surface area contributed by atoms with Gasteiger partial charge in [0.2, 0.25) is 11.8 Å².